The van der Waals surface area contributed by atoms with Gasteiger partial charge in [-0.3, -0.25) is 4.90 Å². The van der Waals surface area contributed by atoms with Crippen LogP contribution >= 0.6 is 11.8 Å². The van der Waals surface area contributed by atoms with Gasteiger partial charge in [-0.15, -0.1) is 5.10 Å². The highest BCUT2D eigenvalue weighted by Gasteiger charge is 2.40. The number of benzene rings is 2. The fourth-order valence-corrected chi connectivity index (χ4v) is 6.07. The van der Waals surface area contributed by atoms with Crippen LogP contribution in [0.3, 0.4) is 0 Å². The number of alkyl halides is 9. The van der Waals surface area contributed by atoms with Crippen LogP contribution in [0.25, 0.3) is 0 Å². The maximum atomic E-state index is 13.6. The fraction of sp³-hybridized carbons (Fsp3) is 0.517. The number of halogens is 9. The molecule has 258 valence electrons. The highest BCUT2D eigenvalue weighted by atomic mass is 32.2. The predicted molar refractivity (Wildman–Crippen MR) is 156 cm³/mol. The summed E-state index contributed by atoms with van der Waals surface area (Å²) in [6.45, 7) is 3.61. The Kier molecular flexibility index (Phi) is 10.9. The minimum Gasteiger partial charge on any atom is -0.449 e. The number of carbonyl (C=O) groups excluding carboxylic acids is 1. The van der Waals surface area contributed by atoms with Gasteiger partial charge >= 0.3 is 24.6 Å². The van der Waals surface area contributed by atoms with Crippen LogP contribution in [0.5, 0.6) is 0 Å². The molecule has 4 rings (SSSR count). The third-order valence-corrected chi connectivity index (χ3v) is 8.72. The molecule has 8 nitrogen and oxygen atoms in total. The van der Waals surface area contributed by atoms with Gasteiger partial charge in [0.2, 0.25) is 0 Å². The molecule has 2 aromatic carbocycles. The van der Waals surface area contributed by atoms with Crippen LogP contribution in [0, 0.1) is 0 Å². The topological polar surface area (TPSA) is 85.2 Å². The molecule has 47 heavy (non-hydrogen) atoms. The van der Waals surface area contributed by atoms with Gasteiger partial charge < -0.3 is 10.1 Å². The Morgan fingerprint density at radius 2 is 1.62 bits per heavy atom. The van der Waals surface area contributed by atoms with E-state index in [1.165, 1.54) is 27.5 Å². The minimum absolute atomic E-state index is 0.0220. The average molecular weight is 699 g/mol. The van der Waals surface area contributed by atoms with Crippen LogP contribution in [0.1, 0.15) is 67.0 Å². The zero-order chi connectivity index (χ0) is 34.7. The van der Waals surface area contributed by atoms with Crippen molar-refractivity contribution in [3.05, 3.63) is 64.2 Å². The van der Waals surface area contributed by atoms with E-state index in [-0.39, 0.29) is 61.2 Å². The van der Waals surface area contributed by atoms with E-state index in [9.17, 15) is 44.3 Å². The predicted octanol–water partition coefficient (Wildman–Crippen LogP) is 8.39. The molecule has 0 spiro atoms. The van der Waals surface area contributed by atoms with Crippen LogP contribution in [0.4, 0.5) is 55.9 Å². The molecule has 3 aromatic rings. The number of aromatic nitrogens is 4. The van der Waals surface area contributed by atoms with E-state index in [4.69, 9.17) is 4.74 Å². The molecule has 0 fully saturated rings. The number of nitrogens with one attached hydrogen (secondary N) is 1. The lowest BCUT2D eigenvalue weighted by molar-refractivity contribution is -0.143. The van der Waals surface area contributed by atoms with E-state index < -0.39 is 58.6 Å². The van der Waals surface area contributed by atoms with Crippen molar-refractivity contribution < 1.29 is 49.0 Å². The average Bonchev–Trinajstić information content (AvgIpc) is 3.44. The first kappa shape index (κ1) is 36.1. The van der Waals surface area contributed by atoms with Crippen LogP contribution in [0.15, 0.2) is 36.4 Å². The van der Waals surface area contributed by atoms with Crippen molar-refractivity contribution in [2.45, 2.75) is 81.9 Å². The SMILES string of the molecule is CCOC(=O)N1c2ccc(C(F)(F)F)cc2[C@@H](Nc2nnn(CCC(Cc3cc(C(F)(F)F)cc(C(F)(F)F)c3)SC)n2)C[C@H]1CC. The van der Waals surface area contributed by atoms with Gasteiger partial charge in [-0.1, -0.05) is 12.0 Å². The number of hydrogen-bond acceptors (Lipinski definition) is 7. The first-order chi connectivity index (χ1) is 21.9. The Morgan fingerprint density at radius 3 is 2.17 bits per heavy atom. The van der Waals surface area contributed by atoms with E-state index in [1.54, 1.807) is 13.2 Å². The first-order valence-corrected chi connectivity index (χ1v) is 15.8. The summed E-state index contributed by atoms with van der Waals surface area (Å²) < 4.78 is 126. The Labute approximate surface area is 268 Å². The molecular formula is C29H31F9N6O2S. The van der Waals surface area contributed by atoms with Gasteiger partial charge in [0.1, 0.15) is 0 Å². The maximum Gasteiger partial charge on any atom is 0.416 e. The summed E-state index contributed by atoms with van der Waals surface area (Å²) in [7, 11) is 0. The summed E-state index contributed by atoms with van der Waals surface area (Å²) in [5.41, 5.74) is -3.40. The Bertz CT molecular complexity index is 1510. The number of hydrogen-bond donors (Lipinski definition) is 1. The molecule has 3 atom stereocenters. The van der Waals surface area contributed by atoms with Gasteiger partial charge in [-0.25, -0.2) is 4.79 Å². The van der Waals surface area contributed by atoms with Gasteiger partial charge in [0.15, 0.2) is 0 Å². The van der Waals surface area contributed by atoms with Gasteiger partial charge in [-0.2, -0.15) is 56.1 Å². The summed E-state index contributed by atoms with van der Waals surface area (Å²) >= 11 is 1.25. The molecule has 0 aliphatic carbocycles. The summed E-state index contributed by atoms with van der Waals surface area (Å²) in [4.78, 5) is 15.3. The summed E-state index contributed by atoms with van der Waals surface area (Å²) in [6, 6.07) is 3.37. The van der Waals surface area contributed by atoms with Crippen molar-refractivity contribution in [1.82, 2.24) is 20.2 Å². The third-order valence-electron chi connectivity index (χ3n) is 7.65. The van der Waals surface area contributed by atoms with Crippen molar-refractivity contribution in [1.29, 1.82) is 0 Å². The number of nitrogens with zero attached hydrogens (tertiary/aromatic N) is 5. The van der Waals surface area contributed by atoms with Gasteiger partial charge in [0.25, 0.3) is 5.95 Å². The number of anilines is 2. The molecule has 0 radical (unpaired) electrons. The number of ether oxygens (including phenoxy) is 1. The molecule has 1 aliphatic heterocycles. The van der Waals surface area contributed by atoms with Crippen molar-refractivity contribution in [3.8, 4) is 0 Å². The second kappa shape index (κ2) is 14.2. The first-order valence-electron chi connectivity index (χ1n) is 14.5. The molecular weight excluding hydrogens is 667 g/mol. The molecule has 18 heteroatoms. The Hall–Kier alpha value is -3.70. The van der Waals surface area contributed by atoms with Gasteiger partial charge in [-0.05, 0) is 91.6 Å². The molecule has 2 heterocycles. The molecule has 0 saturated carbocycles. The number of thioether (sulfide) groups is 1. The zero-order valence-electron chi connectivity index (χ0n) is 25.3. The fourth-order valence-electron chi connectivity index (χ4n) is 5.37. The van der Waals surface area contributed by atoms with E-state index in [2.05, 4.69) is 20.7 Å². The number of carbonyl (C=O) groups is 1. The van der Waals surface area contributed by atoms with Crippen molar-refractivity contribution in [2.75, 3.05) is 23.1 Å². The van der Waals surface area contributed by atoms with E-state index >= 15 is 0 Å². The van der Waals surface area contributed by atoms with Crippen LogP contribution in [0.2, 0.25) is 0 Å². The molecule has 0 saturated heterocycles. The van der Waals surface area contributed by atoms with Crippen molar-refractivity contribution in [3.63, 3.8) is 0 Å². The molecule has 1 amide bonds. The molecule has 0 bridgehead atoms. The van der Waals surface area contributed by atoms with Crippen LogP contribution < -0.4 is 10.2 Å². The lowest BCUT2D eigenvalue weighted by Gasteiger charge is -2.40. The molecule has 1 aliphatic rings. The van der Waals surface area contributed by atoms with Gasteiger partial charge in [0.05, 0.1) is 41.6 Å². The highest BCUT2D eigenvalue weighted by Crippen LogP contribution is 2.43. The smallest absolute Gasteiger partial charge is 0.416 e. The largest absolute Gasteiger partial charge is 0.449 e. The molecule has 1 unspecified atom stereocenters. The number of fused-ring (bicyclic) bond motifs is 1. The normalized spacial score (nSPS) is 17.7. The zero-order valence-corrected chi connectivity index (χ0v) is 26.1. The third kappa shape index (κ3) is 8.81. The summed E-state index contributed by atoms with van der Waals surface area (Å²) in [5.74, 6) is -0.0220. The number of aryl methyl sites for hydroxylation is 1. The molecule has 1 N–H and O–H groups in total. The maximum absolute atomic E-state index is 13.6. The Morgan fingerprint density at radius 1 is 0.979 bits per heavy atom. The van der Waals surface area contributed by atoms with E-state index in [1.807, 2.05) is 6.92 Å². The Balaban J connectivity index is 1.51. The number of amides is 1. The van der Waals surface area contributed by atoms with Crippen LogP contribution in [-0.4, -0.2) is 50.5 Å². The quantitative estimate of drug-likeness (QED) is 0.213. The van der Waals surface area contributed by atoms with Crippen molar-refractivity contribution in [2.24, 2.45) is 0 Å². The standard InChI is InChI=1S/C29H31F9N6O2S/c1-4-20-15-23(22-14-17(27(30,31)32)6-7-24(22)44(20)26(45)46-5-2)39-25-40-42-43(41-25)9-8-21(47-3)12-16-10-18(28(33,34)35)13-19(11-16)29(36,37)38/h6-7,10-11,13-14,20-21,23H,4-5,8-9,12,15H2,1-3H3,(H,39,41)/t20-,21?,23+/m1/s1. The highest BCUT2D eigenvalue weighted by molar-refractivity contribution is 7.99. The summed E-state index contributed by atoms with van der Waals surface area (Å²) in [6.07, 6.45) is -12.8. The number of tetrazole rings is 1. The lowest BCUT2D eigenvalue weighted by Crippen LogP contribution is -2.46. The lowest BCUT2D eigenvalue weighted by atomic mass is 9.89. The summed E-state index contributed by atoms with van der Waals surface area (Å²) in [5, 5.41) is 14.7. The van der Waals surface area contributed by atoms with E-state index in [0.717, 1.165) is 12.1 Å². The second-order valence-electron chi connectivity index (χ2n) is 10.8. The van der Waals surface area contributed by atoms with Crippen molar-refractivity contribution >= 4 is 29.5 Å². The monoisotopic (exact) mass is 698 g/mol. The minimum atomic E-state index is -4.96. The second-order valence-corrected chi connectivity index (χ2v) is 11.9. The molecule has 1 aromatic heterocycles. The van der Waals surface area contributed by atoms with Crippen LogP contribution in [-0.2, 0) is 36.2 Å². The number of rotatable bonds is 10. The van der Waals surface area contributed by atoms with E-state index in [0.29, 0.717) is 18.6 Å². The van der Waals surface area contributed by atoms with Gasteiger partial charge in [0, 0.05) is 11.3 Å².